The number of thioether (sulfide) groups is 1. The summed E-state index contributed by atoms with van der Waals surface area (Å²) in [7, 11) is 0. The molecule has 0 aliphatic rings. The van der Waals surface area contributed by atoms with E-state index in [-0.39, 0.29) is 0 Å². The van der Waals surface area contributed by atoms with E-state index in [9.17, 15) is 0 Å². The molecular weight excluding hydrogens is 269 g/mol. The third-order valence-electron chi connectivity index (χ3n) is 1.78. The molecule has 78 valence electrons. The van der Waals surface area contributed by atoms with Gasteiger partial charge in [0, 0.05) is 10.6 Å². The number of benzene rings is 1. The molecule has 1 nitrogen and oxygen atoms in total. The predicted octanol–water partition coefficient (Wildman–Crippen LogP) is 4.74. The number of nitrogens with zero attached hydrogens (tertiary/aromatic N) is 1. The lowest BCUT2D eigenvalue weighted by Gasteiger charge is -1.98. The monoisotopic (exact) mass is 275 g/mol. The Balaban J connectivity index is 2.02. The van der Waals surface area contributed by atoms with Crippen LogP contribution >= 0.6 is 46.5 Å². The van der Waals surface area contributed by atoms with Gasteiger partial charge in [0.1, 0.15) is 0 Å². The van der Waals surface area contributed by atoms with Gasteiger partial charge in [0.05, 0.1) is 9.90 Å². The maximum atomic E-state index is 5.98. The molecule has 2 rings (SSSR count). The molecule has 1 aromatic carbocycles. The number of hydrogen-bond acceptors (Lipinski definition) is 3. The fourth-order valence-electron chi connectivity index (χ4n) is 1.05. The summed E-state index contributed by atoms with van der Waals surface area (Å²) in [6.45, 7) is 0. The van der Waals surface area contributed by atoms with Gasteiger partial charge in [0.15, 0.2) is 5.15 Å². The molecule has 0 fully saturated rings. The van der Waals surface area contributed by atoms with Crippen molar-refractivity contribution in [1.29, 1.82) is 0 Å². The van der Waals surface area contributed by atoms with Gasteiger partial charge in [-0.25, -0.2) is 0 Å². The van der Waals surface area contributed by atoms with Gasteiger partial charge >= 0.3 is 0 Å². The van der Waals surface area contributed by atoms with E-state index in [0.29, 0.717) is 10.2 Å². The third-order valence-corrected chi connectivity index (χ3v) is 4.83. The summed E-state index contributed by atoms with van der Waals surface area (Å²) < 4.78 is 3.99. The van der Waals surface area contributed by atoms with E-state index in [1.807, 2.05) is 18.2 Å². The van der Waals surface area contributed by atoms with E-state index in [1.54, 1.807) is 11.8 Å². The third kappa shape index (κ3) is 2.88. The summed E-state index contributed by atoms with van der Waals surface area (Å²) in [5.74, 6) is 0.813. The highest BCUT2D eigenvalue weighted by Gasteiger charge is 2.09. The molecule has 2 aromatic rings. The molecule has 0 unspecified atom stereocenters. The average Bonchev–Trinajstić information content (AvgIpc) is 2.59. The van der Waals surface area contributed by atoms with Crippen molar-refractivity contribution in [3.05, 3.63) is 45.4 Å². The minimum Gasteiger partial charge on any atom is -0.179 e. The van der Waals surface area contributed by atoms with E-state index in [4.69, 9.17) is 23.2 Å². The molecule has 5 heteroatoms. The van der Waals surface area contributed by atoms with E-state index >= 15 is 0 Å². The highest BCUT2D eigenvalue weighted by molar-refractivity contribution is 7.98. The quantitative estimate of drug-likeness (QED) is 0.751. The topological polar surface area (TPSA) is 12.9 Å². The molecular formula is C10H7Cl2NS2. The lowest BCUT2D eigenvalue weighted by atomic mass is 10.4. The first-order chi connectivity index (χ1) is 7.27. The second kappa shape index (κ2) is 5.21. The molecule has 0 radical (unpaired) electrons. The summed E-state index contributed by atoms with van der Waals surface area (Å²) in [5, 5.41) is 0.996. The zero-order chi connectivity index (χ0) is 10.7. The minimum atomic E-state index is 0.408. The molecule has 15 heavy (non-hydrogen) atoms. The standard InChI is InChI=1S/C10H7Cl2NS2/c11-9-8(15-13-10(9)12)6-14-7-4-2-1-3-5-7/h1-5H,6H2. The van der Waals surface area contributed by atoms with Gasteiger partial charge in [-0.3, -0.25) is 0 Å². The van der Waals surface area contributed by atoms with Crippen molar-refractivity contribution >= 4 is 46.5 Å². The Kier molecular flexibility index (Phi) is 3.92. The van der Waals surface area contributed by atoms with Gasteiger partial charge in [0.25, 0.3) is 0 Å². The number of aromatic nitrogens is 1. The van der Waals surface area contributed by atoms with Crippen LogP contribution in [0.5, 0.6) is 0 Å². The molecule has 0 spiro atoms. The zero-order valence-electron chi connectivity index (χ0n) is 7.61. The highest BCUT2D eigenvalue weighted by Crippen LogP contribution is 2.33. The maximum Gasteiger partial charge on any atom is 0.161 e. The van der Waals surface area contributed by atoms with Crippen molar-refractivity contribution in [3.8, 4) is 0 Å². The molecule has 0 saturated carbocycles. The van der Waals surface area contributed by atoms with Gasteiger partial charge < -0.3 is 0 Å². The summed E-state index contributed by atoms with van der Waals surface area (Å²) >= 11 is 14.8. The minimum absolute atomic E-state index is 0.408. The van der Waals surface area contributed by atoms with Crippen LogP contribution in [-0.4, -0.2) is 4.37 Å². The zero-order valence-corrected chi connectivity index (χ0v) is 10.8. The van der Waals surface area contributed by atoms with Crippen molar-refractivity contribution in [1.82, 2.24) is 4.37 Å². The molecule has 1 heterocycles. The number of hydrogen-bond donors (Lipinski definition) is 0. The maximum absolute atomic E-state index is 5.98. The summed E-state index contributed by atoms with van der Waals surface area (Å²) in [6.07, 6.45) is 0. The Morgan fingerprint density at radius 2 is 1.93 bits per heavy atom. The van der Waals surface area contributed by atoms with Gasteiger partial charge in [-0.2, -0.15) is 4.37 Å². The van der Waals surface area contributed by atoms with Crippen LogP contribution in [0, 0.1) is 0 Å². The number of rotatable bonds is 3. The second-order valence-corrected chi connectivity index (χ2v) is 5.45. The van der Waals surface area contributed by atoms with E-state index < -0.39 is 0 Å². The fraction of sp³-hybridized carbons (Fsp3) is 0.100. The van der Waals surface area contributed by atoms with E-state index in [0.717, 1.165) is 10.6 Å². The Morgan fingerprint density at radius 1 is 1.20 bits per heavy atom. The van der Waals surface area contributed by atoms with Crippen LogP contribution in [0.4, 0.5) is 0 Å². The van der Waals surface area contributed by atoms with Crippen LogP contribution in [0.3, 0.4) is 0 Å². The molecule has 0 atom stereocenters. The first kappa shape index (κ1) is 11.3. The Morgan fingerprint density at radius 3 is 2.53 bits per heavy atom. The molecule has 0 amide bonds. The highest BCUT2D eigenvalue weighted by atomic mass is 35.5. The van der Waals surface area contributed by atoms with Crippen LogP contribution < -0.4 is 0 Å². The number of halogens is 2. The summed E-state index contributed by atoms with van der Waals surface area (Å²) in [4.78, 5) is 2.24. The van der Waals surface area contributed by atoms with Crippen molar-refractivity contribution in [2.45, 2.75) is 10.6 Å². The van der Waals surface area contributed by atoms with Gasteiger partial charge in [-0.15, -0.1) is 11.8 Å². The Labute approximate surface area is 107 Å². The van der Waals surface area contributed by atoms with Gasteiger partial charge in [-0.05, 0) is 23.7 Å². The van der Waals surface area contributed by atoms with E-state index in [1.165, 1.54) is 16.4 Å². The average molecular weight is 276 g/mol. The van der Waals surface area contributed by atoms with Gasteiger partial charge in [0.2, 0.25) is 0 Å². The van der Waals surface area contributed by atoms with Crippen LogP contribution in [0.2, 0.25) is 10.2 Å². The van der Waals surface area contributed by atoms with Crippen molar-refractivity contribution in [3.63, 3.8) is 0 Å². The van der Waals surface area contributed by atoms with Crippen LogP contribution in [0.15, 0.2) is 35.2 Å². The van der Waals surface area contributed by atoms with Gasteiger partial charge in [-0.1, -0.05) is 41.4 Å². The first-order valence-electron chi connectivity index (χ1n) is 4.25. The normalized spacial score (nSPS) is 10.5. The van der Waals surface area contributed by atoms with Crippen LogP contribution in [-0.2, 0) is 5.75 Å². The SMILES string of the molecule is Clc1nsc(CSc2ccccc2)c1Cl. The van der Waals surface area contributed by atoms with Crippen molar-refractivity contribution in [2.75, 3.05) is 0 Å². The molecule has 0 saturated heterocycles. The molecule has 0 aliphatic carbocycles. The smallest absolute Gasteiger partial charge is 0.161 e. The molecule has 0 N–H and O–H groups in total. The predicted molar refractivity (Wildman–Crippen MR) is 68.1 cm³/mol. The summed E-state index contributed by atoms with van der Waals surface area (Å²) in [5.41, 5.74) is 0. The van der Waals surface area contributed by atoms with E-state index in [2.05, 4.69) is 16.5 Å². The second-order valence-electron chi connectivity index (χ2n) is 2.81. The van der Waals surface area contributed by atoms with Crippen molar-refractivity contribution in [2.24, 2.45) is 0 Å². The van der Waals surface area contributed by atoms with Crippen LogP contribution in [0.25, 0.3) is 0 Å². The first-order valence-corrected chi connectivity index (χ1v) is 6.76. The van der Waals surface area contributed by atoms with Crippen LogP contribution in [0.1, 0.15) is 4.88 Å². The molecule has 1 aromatic heterocycles. The lowest BCUT2D eigenvalue weighted by molar-refractivity contribution is 1.43. The fourth-order valence-corrected chi connectivity index (χ4v) is 3.30. The molecule has 0 bridgehead atoms. The lowest BCUT2D eigenvalue weighted by Crippen LogP contribution is -1.75. The van der Waals surface area contributed by atoms with Crippen molar-refractivity contribution < 1.29 is 0 Å². The summed E-state index contributed by atoms with van der Waals surface area (Å²) in [6, 6.07) is 10.2. The Hall–Kier alpha value is -0.220. The Bertz CT molecular complexity index is 442. The molecule has 0 aliphatic heterocycles. The largest absolute Gasteiger partial charge is 0.179 e.